The summed E-state index contributed by atoms with van der Waals surface area (Å²) in [6.07, 6.45) is 2.84. The van der Waals surface area contributed by atoms with Crippen LogP contribution in [0, 0.1) is 0 Å². The monoisotopic (exact) mass is 266 g/mol. The van der Waals surface area contributed by atoms with Gasteiger partial charge in [0.05, 0.1) is 46.8 Å². The molecule has 0 unspecified atom stereocenters. The van der Waals surface area contributed by atoms with Crippen LogP contribution >= 0.6 is 0 Å². The van der Waals surface area contributed by atoms with E-state index in [0.29, 0.717) is 26.4 Å². The van der Waals surface area contributed by atoms with E-state index in [1.807, 2.05) is 0 Å². The lowest BCUT2D eigenvalue weighted by atomic mass is 10.5. The molecule has 0 amide bonds. The maximum Gasteiger partial charge on any atom is 0.365 e. The number of allylic oxidation sites excluding steroid dienone is 1. The molecule has 0 heterocycles. The third-order valence-electron chi connectivity index (χ3n) is 1.31. The number of carbonyl (C=O) groups is 1. The SMILES string of the molecule is C/C=C/C(=O)OOC.OCCOCCOCCO. The number of carbonyl (C=O) groups excluding carboxylic acids is 1. The van der Waals surface area contributed by atoms with Crippen LogP contribution in [-0.4, -0.2) is 62.9 Å². The van der Waals surface area contributed by atoms with Crippen LogP contribution in [0.25, 0.3) is 0 Å². The zero-order valence-electron chi connectivity index (χ0n) is 10.8. The Bertz CT molecular complexity index is 186. The Morgan fingerprint density at radius 2 is 1.56 bits per heavy atom. The number of ether oxygens (including phenoxy) is 2. The van der Waals surface area contributed by atoms with Crippen LogP contribution in [0.5, 0.6) is 0 Å². The van der Waals surface area contributed by atoms with Gasteiger partial charge in [0.15, 0.2) is 0 Å². The molecule has 0 rings (SSSR count). The van der Waals surface area contributed by atoms with Gasteiger partial charge in [-0.1, -0.05) is 6.08 Å². The van der Waals surface area contributed by atoms with Crippen LogP contribution in [-0.2, 0) is 24.0 Å². The Balaban J connectivity index is 0. The van der Waals surface area contributed by atoms with Gasteiger partial charge in [0.2, 0.25) is 0 Å². The van der Waals surface area contributed by atoms with Crippen molar-refractivity contribution in [1.82, 2.24) is 0 Å². The molecule has 0 aliphatic rings. The summed E-state index contributed by atoms with van der Waals surface area (Å²) in [4.78, 5) is 18.3. The Kier molecular flexibility index (Phi) is 19.8. The van der Waals surface area contributed by atoms with Crippen LogP contribution in [0.15, 0.2) is 12.2 Å². The zero-order valence-corrected chi connectivity index (χ0v) is 10.8. The topological polar surface area (TPSA) is 94.5 Å². The lowest BCUT2D eigenvalue weighted by Crippen LogP contribution is -2.09. The molecule has 18 heavy (non-hydrogen) atoms. The zero-order chi connectivity index (χ0) is 14.1. The van der Waals surface area contributed by atoms with Crippen molar-refractivity contribution in [3.05, 3.63) is 12.2 Å². The van der Waals surface area contributed by atoms with Gasteiger partial charge < -0.3 is 19.7 Å². The van der Waals surface area contributed by atoms with Crippen molar-refractivity contribution in [3.8, 4) is 0 Å². The number of hydrogen-bond donors (Lipinski definition) is 2. The third kappa shape index (κ3) is 20.4. The largest absolute Gasteiger partial charge is 0.394 e. The highest BCUT2D eigenvalue weighted by atomic mass is 17.2. The fraction of sp³-hybridized carbons (Fsp3) is 0.727. The van der Waals surface area contributed by atoms with Gasteiger partial charge in [-0.2, -0.15) is 4.89 Å². The Morgan fingerprint density at radius 3 is 1.89 bits per heavy atom. The second-order valence-electron chi connectivity index (χ2n) is 2.74. The lowest BCUT2D eigenvalue weighted by molar-refractivity contribution is -0.249. The minimum atomic E-state index is -0.491. The lowest BCUT2D eigenvalue weighted by Gasteiger charge is -2.01. The molecular formula is C11H22O7. The number of aliphatic hydroxyl groups is 2. The van der Waals surface area contributed by atoms with Gasteiger partial charge in [-0.3, -0.25) is 4.89 Å². The molecule has 0 aliphatic heterocycles. The van der Waals surface area contributed by atoms with E-state index >= 15 is 0 Å². The molecule has 7 nitrogen and oxygen atoms in total. The van der Waals surface area contributed by atoms with E-state index in [1.165, 1.54) is 13.2 Å². The third-order valence-corrected chi connectivity index (χ3v) is 1.31. The first-order valence-corrected chi connectivity index (χ1v) is 5.47. The fourth-order valence-electron chi connectivity index (χ4n) is 0.697. The van der Waals surface area contributed by atoms with Crippen LogP contribution in [0.3, 0.4) is 0 Å². The molecule has 0 aliphatic carbocycles. The molecule has 0 spiro atoms. The molecule has 0 atom stereocenters. The van der Waals surface area contributed by atoms with E-state index < -0.39 is 5.97 Å². The molecule has 0 saturated carbocycles. The quantitative estimate of drug-likeness (QED) is 0.255. The fourth-order valence-corrected chi connectivity index (χ4v) is 0.697. The summed E-state index contributed by atoms with van der Waals surface area (Å²) in [5.74, 6) is -0.491. The first kappa shape index (κ1) is 19.4. The molecule has 0 aromatic rings. The molecule has 108 valence electrons. The van der Waals surface area contributed by atoms with Crippen molar-refractivity contribution in [2.45, 2.75) is 6.92 Å². The maximum absolute atomic E-state index is 10.2. The summed E-state index contributed by atoms with van der Waals surface area (Å²) in [7, 11) is 1.28. The molecule has 0 radical (unpaired) electrons. The molecule has 0 bridgehead atoms. The summed E-state index contributed by atoms with van der Waals surface area (Å²) in [6, 6.07) is 0. The molecule has 0 saturated heterocycles. The Morgan fingerprint density at radius 1 is 1.06 bits per heavy atom. The standard InChI is InChI=1S/C6H14O4.C5H8O3/c7-1-3-9-5-6-10-4-2-8;1-3-4-5(6)8-7-2/h7-8H,1-6H2;3-4H,1-2H3/b;4-3+. The summed E-state index contributed by atoms with van der Waals surface area (Å²) in [5.41, 5.74) is 0. The summed E-state index contributed by atoms with van der Waals surface area (Å²) in [5, 5.41) is 16.5. The molecule has 0 fully saturated rings. The average Bonchev–Trinajstić information content (AvgIpc) is 2.35. The van der Waals surface area contributed by atoms with E-state index in [1.54, 1.807) is 13.0 Å². The minimum absolute atomic E-state index is 0.0417. The summed E-state index contributed by atoms with van der Waals surface area (Å²) in [6.45, 7) is 3.45. The molecular weight excluding hydrogens is 244 g/mol. The predicted molar refractivity (Wildman–Crippen MR) is 63.7 cm³/mol. The van der Waals surface area contributed by atoms with Gasteiger partial charge in [0.25, 0.3) is 0 Å². The van der Waals surface area contributed by atoms with E-state index in [0.717, 1.165) is 0 Å². The van der Waals surface area contributed by atoms with E-state index in [-0.39, 0.29) is 13.2 Å². The second-order valence-corrected chi connectivity index (χ2v) is 2.74. The van der Waals surface area contributed by atoms with Crippen LogP contribution in [0.1, 0.15) is 6.92 Å². The van der Waals surface area contributed by atoms with Crippen molar-refractivity contribution in [2.75, 3.05) is 46.8 Å². The maximum atomic E-state index is 10.2. The number of aliphatic hydroxyl groups excluding tert-OH is 2. The van der Waals surface area contributed by atoms with Crippen molar-refractivity contribution < 1.29 is 34.3 Å². The first-order chi connectivity index (χ1) is 8.72. The normalized spacial score (nSPS) is 10.0. The molecule has 2 N–H and O–H groups in total. The highest BCUT2D eigenvalue weighted by molar-refractivity contribution is 5.81. The average molecular weight is 266 g/mol. The van der Waals surface area contributed by atoms with Crippen LogP contribution in [0.2, 0.25) is 0 Å². The minimum Gasteiger partial charge on any atom is -0.394 e. The van der Waals surface area contributed by atoms with Crippen molar-refractivity contribution in [2.24, 2.45) is 0 Å². The highest BCUT2D eigenvalue weighted by Gasteiger charge is 1.90. The van der Waals surface area contributed by atoms with Crippen LogP contribution < -0.4 is 0 Å². The van der Waals surface area contributed by atoms with Gasteiger partial charge in [-0.15, -0.1) is 0 Å². The van der Waals surface area contributed by atoms with Crippen molar-refractivity contribution >= 4 is 5.97 Å². The van der Waals surface area contributed by atoms with E-state index in [9.17, 15) is 4.79 Å². The van der Waals surface area contributed by atoms with Crippen LogP contribution in [0.4, 0.5) is 0 Å². The van der Waals surface area contributed by atoms with E-state index in [4.69, 9.17) is 19.7 Å². The van der Waals surface area contributed by atoms with Crippen molar-refractivity contribution in [3.63, 3.8) is 0 Å². The molecule has 0 aromatic heterocycles. The number of hydrogen-bond acceptors (Lipinski definition) is 7. The van der Waals surface area contributed by atoms with Gasteiger partial charge in [-0.05, 0) is 6.92 Å². The second kappa shape index (κ2) is 18.4. The summed E-state index contributed by atoms with van der Waals surface area (Å²) < 4.78 is 9.75. The van der Waals surface area contributed by atoms with Gasteiger partial charge >= 0.3 is 5.97 Å². The summed E-state index contributed by atoms with van der Waals surface area (Å²) >= 11 is 0. The Labute approximate surface area is 107 Å². The Hall–Kier alpha value is -0.990. The highest BCUT2D eigenvalue weighted by Crippen LogP contribution is 1.78. The van der Waals surface area contributed by atoms with Gasteiger partial charge in [0.1, 0.15) is 0 Å². The van der Waals surface area contributed by atoms with Crippen molar-refractivity contribution in [1.29, 1.82) is 0 Å². The van der Waals surface area contributed by atoms with Gasteiger partial charge in [-0.25, -0.2) is 4.79 Å². The smallest absolute Gasteiger partial charge is 0.365 e. The molecule has 7 heteroatoms. The molecule has 0 aromatic carbocycles. The van der Waals surface area contributed by atoms with Gasteiger partial charge in [0, 0.05) is 6.08 Å². The van der Waals surface area contributed by atoms with E-state index in [2.05, 4.69) is 9.78 Å². The number of rotatable bonds is 9. The first-order valence-electron chi connectivity index (χ1n) is 5.47. The predicted octanol–water partition coefficient (Wildman–Crippen LogP) is -0.329.